The predicted molar refractivity (Wildman–Crippen MR) is 50.6 cm³/mol. The van der Waals surface area contributed by atoms with Gasteiger partial charge >= 0.3 is 6.18 Å². The third kappa shape index (κ3) is 2.42. The van der Waals surface area contributed by atoms with Gasteiger partial charge in [0.2, 0.25) is 0 Å². The average Bonchev–Trinajstić information content (AvgIpc) is 2.07. The molecule has 74 valence electrons. The van der Waals surface area contributed by atoms with E-state index in [4.69, 9.17) is 5.26 Å². The lowest BCUT2D eigenvalue weighted by Gasteiger charge is -2.10. The Morgan fingerprint density at radius 3 is 2.50 bits per heavy atom. The summed E-state index contributed by atoms with van der Waals surface area (Å²) < 4.78 is 37.0. The molecular formula is C8H3BrF3NS. The second-order valence-electron chi connectivity index (χ2n) is 2.31. The predicted octanol–water partition coefficient (Wildman–Crippen LogP) is 4.04. The SMILES string of the molecule is N#CSc1cccc(C(F)(F)F)c1Br. The maximum absolute atomic E-state index is 12.3. The molecule has 0 aromatic heterocycles. The molecule has 0 aliphatic rings. The zero-order chi connectivity index (χ0) is 10.8. The fourth-order valence-corrected chi connectivity index (χ4v) is 2.03. The summed E-state index contributed by atoms with van der Waals surface area (Å²) in [6.07, 6.45) is -4.40. The van der Waals surface area contributed by atoms with E-state index in [0.29, 0.717) is 11.8 Å². The molecule has 0 saturated heterocycles. The molecule has 0 atom stereocenters. The summed E-state index contributed by atoms with van der Waals surface area (Å²) in [4.78, 5) is 0.266. The van der Waals surface area contributed by atoms with E-state index in [1.807, 2.05) is 0 Å². The molecule has 0 N–H and O–H groups in total. The van der Waals surface area contributed by atoms with Crippen LogP contribution in [-0.2, 0) is 6.18 Å². The number of nitriles is 1. The van der Waals surface area contributed by atoms with Crippen molar-refractivity contribution in [2.24, 2.45) is 0 Å². The largest absolute Gasteiger partial charge is 0.417 e. The molecule has 1 aromatic rings. The first kappa shape index (κ1) is 11.4. The van der Waals surface area contributed by atoms with Crippen LogP contribution in [-0.4, -0.2) is 0 Å². The van der Waals surface area contributed by atoms with Crippen molar-refractivity contribution in [2.45, 2.75) is 11.1 Å². The first-order chi connectivity index (χ1) is 6.46. The van der Waals surface area contributed by atoms with Gasteiger partial charge in [0.15, 0.2) is 0 Å². The van der Waals surface area contributed by atoms with E-state index < -0.39 is 11.7 Å². The van der Waals surface area contributed by atoms with E-state index in [1.165, 1.54) is 12.1 Å². The minimum absolute atomic E-state index is 0.0842. The number of alkyl halides is 3. The van der Waals surface area contributed by atoms with Crippen LogP contribution in [0.3, 0.4) is 0 Å². The summed E-state index contributed by atoms with van der Waals surface area (Å²) in [7, 11) is 0. The fraction of sp³-hybridized carbons (Fsp3) is 0.125. The van der Waals surface area contributed by atoms with Crippen LogP contribution in [0.1, 0.15) is 5.56 Å². The quantitative estimate of drug-likeness (QED) is 0.573. The van der Waals surface area contributed by atoms with E-state index >= 15 is 0 Å². The Labute approximate surface area is 91.0 Å². The van der Waals surface area contributed by atoms with Crippen molar-refractivity contribution in [1.82, 2.24) is 0 Å². The molecule has 0 bridgehead atoms. The first-order valence-electron chi connectivity index (χ1n) is 3.38. The highest BCUT2D eigenvalue weighted by Gasteiger charge is 2.33. The van der Waals surface area contributed by atoms with Gasteiger partial charge in [-0.05, 0) is 39.8 Å². The minimum Gasteiger partial charge on any atom is -0.185 e. The smallest absolute Gasteiger partial charge is 0.185 e. The van der Waals surface area contributed by atoms with Gasteiger partial charge in [0, 0.05) is 9.37 Å². The molecule has 14 heavy (non-hydrogen) atoms. The number of thiocyanates is 1. The second-order valence-corrected chi connectivity index (χ2v) is 3.93. The summed E-state index contributed by atoms with van der Waals surface area (Å²) in [5.41, 5.74) is -0.766. The Hall–Kier alpha value is -0.670. The Morgan fingerprint density at radius 2 is 2.00 bits per heavy atom. The maximum Gasteiger partial charge on any atom is 0.417 e. The van der Waals surface area contributed by atoms with Crippen LogP contribution in [0, 0.1) is 10.7 Å². The van der Waals surface area contributed by atoms with Crippen LogP contribution >= 0.6 is 27.7 Å². The molecule has 0 spiro atoms. The molecule has 1 rings (SSSR count). The van der Waals surface area contributed by atoms with E-state index in [2.05, 4.69) is 15.9 Å². The number of hydrogen-bond acceptors (Lipinski definition) is 2. The van der Waals surface area contributed by atoms with Crippen LogP contribution in [0.2, 0.25) is 0 Å². The van der Waals surface area contributed by atoms with Crippen LogP contribution < -0.4 is 0 Å². The highest BCUT2D eigenvalue weighted by atomic mass is 79.9. The van der Waals surface area contributed by atoms with Crippen LogP contribution in [0.15, 0.2) is 27.6 Å². The van der Waals surface area contributed by atoms with Crippen molar-refractivity contribution in [3.63, 3.8) is 0 Å². The number of rotatable bonds is 1. The third-order valence-electron chi connectivity index (χ3n) is 1.42. The van der Waals surface area contributed by atoms with Gasteiger partial charge in [0.05, 0.1) is 5.56 Å². The molecule has 0 heterocycles. The zero-order valence-corrected chi connectivity index (χ0v) is 9.00. The highest BCUT2D eigenvalue weighted by molar-refractivity contribution is 9.10. The number of nitrogens with zero attached hydrogens (tertiary/aromatic N) is 1. The van der Waals surface area contributed by atoms with E-state index in [1.54, 1.807) is 5.40 Å². The Morgan fingerprint density at radius 1 is 1.36 bits per heavy atom. The van der Waals surface area contributed by atoms with Crippen molar-refractivity contribution in [1.29, 1.82) is 5.26 Å². The summed E-state index contributed by atoms with van der Waals surface area (Å²) >= 11 is 3.52. The van der Waals surface area contributed by atoms with Gasteiger partial charge in [-0.15, -0.1) is 0 Å². The summed E-state index contributed by atoms with van der Waals surface area (Å²) in [5.74, 6) is 0. The van der Waals surface area contributed by atoms with Crippen molar-refractivity contribution < 1.29 is 13.2 Å². The van der Waals surface area contributed by atoms with Crippen molar-refractivity contribution in [3.05, 3.63) is 28.2 Å². The normalized spacial score (nSPS) is 11.1. The Kier molecular flexibility index (Phi) is 3.45. The molecular weight excluding hydrogens is 279 g/mol. The molecule has 0 radical (unpaired) electrons. The lowest BCUT2D eigenvalue weighted by atomic mass is 10.2. The fourth-order valence-electron chi connectivity index (χ4n) is 0.858. The van der Waals surface area contributed by atoms with Crippen LogP contribution in [0.4, 0.5) is 13.2 Å². The third-order valence-corrected chi connectivity index (χ3v) is 3.19. The van der Waals surface area contributed by atoms with Gasteiger partial charge in [0.25, 0.3) is 0 Å². The standard InChI is InChI=1S/C8H3BrF3NS/c9-7-5(8(10,11)12)2-1-3-6(7)14-4-13/h1-3H. The molecule has 0 amide bonds. The summed E-state index contributed by atoms with van der Waals surface area (Å²) in [5, 5.41) is 10.1. The second kappa shape index (κ2) is 4.24. The van der Waals surface area contributed by atoms with Crippen LogP contribution in [0.25, 0.3) is 0 Å². The molecule has 1 aromatic carbocycles. The number of hydrogen-bond donors (Lipinski definition) is 0. The molecule has 1 nitrogen and oxygen atoms in total. The summed E-state index contributed by atoms with van der Waals surface area (Å²) in [6, 6.07) is 3.69. The average molecular weight is 282 g/mol. The minimum atomic E-state index is -4.40. The van der Waals surface area contributed by atoms with Gasteiger partial charge in [0.1, 0.15) is 5.40 Å². The highest BCUT2D eigenvalue weighted by Crippen LogP contribution is 2.39. The van der Waals surface area contributed by atoms with Crippen LogP contribution in [0.5, 0.6) is 0 Å². The summed E-state index contributed by atoms with van der Waals surface area (Å²) in [6.45, 7) is 0. The topological polar surface area (TPSA) is 23.8 Å². The van der Waals surface area contributed by atoms with Gasteiger partial charge in [-0.2, -0.15) is 18.4 Å². The van der Waals surface area contributed by atoms with E-state index in [-0.39, 0.29) is 9.37 Å². The van der Waals surface area contributed by atoms with Crippen molar-refractivity contribution in [3.8, 4) is 5.40 Å². The Bertz CT molecular complexity index is 383. The lowest BCUT2D eigenvalue weighted by Crippen LogP contribution is -2.06. The van der Waals surface area contributed by atoms with Gasteiger partial charge in [-0.25, -0.2) is 0 Å². The van der Waals surface area contributed by atoms with Gasteiger partial charge in [-0.1, -0.05) is 6.07 Å². The van der Waals surface area contributed by atoms with Gasteiger partial charge in [-0.3, -0.25) is 0 Å². The van der Waals surface area contributed by atoms with Crippen molar-refractivity contribution in [2.75, 3.05) is 0 Å². The van der Waals surface area contributed by atoms with E-state index in [9.17, 15) is 13.2 Å². The number of benzene rings is 1. The molecule has 0 fully saturated rings. The number of halogens is 4. The molecule has 0 aliphatic heterocycles. The lowest BCUT2D eigenvalue weighted by molar-refractivity contribution is -0.138. The maximum atomic E-state index is 12.3. The molecule has 0 unspecified atom stereocenters. The van der Waals surface area contributed by atoms with E-state index in [0.717, 1.165) is 6.07 Å². The molecule has 6 heteroatoms. The zero-order valence-electron chi connectivity index (χ0n) is 6.60. The number of thioether (sulfide) groups is 1. The Balaban J connectivity index is 3.22. The molecule has 0 aliphatic carbocycles. The van der Waals surface area contributed by atoms with Gasteiger partial charge < -0.3 is 0 Å². The molecule has 0 saturated carbocycles. The monoisotopic (exact) mass is 281 g/mol. The first-order valence-corrected chi connectivity index (χ1v) is 4.99. The van der Waals surface area contributed by atoms with Crippen molar-refractivity contribution >= 4 is 27.7 Å².